The van der Waals surface area contributed by atoms with Gasteiger partial charge in [-0.2, -0.15) is 5.26 Å². The Labute approximate surface area is 480 Å². The molecule has 4 aromatic heterocycles. The molecule has 0 aliphatic rings. The number of nitrogens with zero attached hydrogens (tertiary/aromatic N) is 5. The van der Waals surface area contributed by atoms with Gasteiger partial charge < -0.3 is 18.3 Å². The highest BCUT2D eigenvalue weighted by Gasteiger charge is 2.36. The van der Waals surface area contributed by atoms with Crippen LogP contribution in [0.5, 0.6) is 0 Å². The maximum atomic E-state index is 13.2. The number of para-hydroxylation sites is 4. The average molecular weight is 1060 g/mol. The first-order valence-electron chi connectivity index (χ1n) is 29.1. The van der Waals surface area contributed by atoms with E-state index in [2.05, 4.69) is 308 Å². The standard InChI is InChI=1S/C77H69N5/c1-74(2,3)48-34-38-65-56(42-48)57-43-49(75(4,5)6)35-39-66(57)79(65)70-60(46-78)71(80-67-40-36-50(76(7,8)9)44-58(67)59-45-51(77(10,11)12)37-41-68(59)80)73(82-63-32-22-18-28-54(63)55-29-19-23-33-64(55)82)69(47-24-14-13-15-25-47)72(70)81-61-30-20-16-26-52(61)53-27-17-21-31-62(53)81/h13-45H,1-12H3. The van der Waals surface area contributed by atoms with Gasteiger partial charge in [-0.3, -0.25) is 0 Å². The molecule has 0 N–H and O–H groups in total. The zero-order valence-electron chi connectivity index (χ0n) is 49.3. The molecule has 0 bridgehead atoms. The quantitative estimate of drug-likeness (QED) is 0.169. The van der Waals surface area contributed by atoms with Crippen molar-refractivity contribution in [3.8, 4) is 39.9 Å². The van der Waals surface area contributed by atoms with Crippen molar-refractivity contribution in [2.24, 2.45) is 0 Å². The van der Waals surface area contributed by atoms with E-state index in [1.54, 1.807) is 0 Å². The summed E-state index contributed by atoms with van der Waals surface area (Å²) >= 11 is 0. The summed E-state index contributed by atoms with van der Waals surface area (Å²) in [6, 6.07) is 77.7. The van der Waals surface area contributed by atoms with Gasteiger partial charge in [-0.25, -0.2) is 0 Å². The Balaban J connectivity index is 1.34. The van der Waals surface area contributed by atoms with Crippen molar-refractivity contribution in [2.75, 3.05) is 0 Å². The Morgan fingerprint density at radius 1 is 0.268 bits per heavy atom. The number of hydrogen-bond acceptors (Lipinski definition) is 1. The number of rotatable bonds is 5. The summed E-state index contributed by atoms with van der Waals surface area (Å²) in [7, 11) is 0. The minimum atomic E-state index is -0.121. The third-order valence-electron chi connectivity index (χ3n) is 17.6. The molecule has 82 heavy (non-hydrogen) atoms. The van der Waals surface area contributed by atoms with Gasteiger partial charge >= 0.3 is 0 Å². The molecule has 0 amide bonds. The van der Waals surface area contributed by atoms with E-state index in [1.807, 2.05) is 0 Å². The molecule has 10 aromatic carbocycles. The molecule has 402 valence electrons. The van der Waals surface area contributed by atoms with Crippen molar-refractivity contribution < 1.29 is 0 Å². The molecule has 4 heterocycles. The van der Waals surface area contributed by atoms with Gasteiger partial charge in [0.2, 0.25) is 0 Å². The summed E-state index contributed by atoms with van der Waals surface area (Å²) in [4.78, 5) is 0. The highest BCUT2D eigenvalue weighted by molar-refractivity contribution is 6.17. The molecular weight excluding hydrogens is 995 g/mol. The number of hydrogen-bond donors (Lipinski definition) is 0. The fraction of sp³-hybridized carbons (Fsp3) is 0.208. The third-order valence-corrected chi connectivity index (χ3v) is 17.6. The largest absolute Gasteiger partial charge is 0.306 e. The Hall–Kier alpha value is -9.11. The number of fused-ring (bicyclic) bond motifs is 12. The Kier molecular flexibility index (Phi) is 11.2. The summed E-state index contributed by atoms with van der Waals surface area (Å²) in [6.07, 6.45) is 0. The lowest BCUT2D eigenvalue weighted by Gasteiger charge is -2.29. The van der Waals surface area contributed by atoms with E-state index in [0.717, 1.165) is 121 Å². The fourth-order valence-corrected chi connectivity index (χ4v) is 13.3. The second kappa shape index (κ2) is 17.9. The first-order chi connectivity index (χ1) is 39.2. The monoisotopic (exact) mass is 1060 g/mol. The Morgan fingerprint density at radius 3 is 0.780 bits per heavy atom. The first-order valence-corrected chi connectivity index (χ1v) is 29.1. The highest BCUT2D eigenvalue weighted by atomic mass is 15.1. The number of nitriles is 1. The van der Waals surface area contributed by atoms with Crippen LogP contribution >= 0.6 is 0 Å². The minimum absolute atomic E-state index is 0.121. The van der Waals surface area contributed by atoms with Crippen LogP contribution in [0.15, 0.2) is 200 Å². The van der Waals surface area contributed by atoms with Crippen LogP contribution in [0, 0.1) is 11.3 Å². The van der Waals surface area contributed by atoms with Crippen LogP contribution in [0.2, 0.25) is 0 Å². The molecule has 14 rings (SSSR count). The second-order valence-electron chi connectivity index (χ2n) is 27.0. The van der Waals surface area contributed by atoms with Crippen molar-refractivity contribution >= 4 is 87.2 Å². The zero-order valence-corrected chi connectivity index (χ0v) is 49.3. The van der Waals surface area contributed by atoms with Crippen molar-refractivity contribution in [1.29, 1.82) is 5.26 Å². The van der Waals surface area contributed by atoms with Gasteiger partial charge in [0.15, 0.2) is 0 Å². The summed E-state index contributed by atoms with van der Waals surface area (Å²) < 4.78 is 9.92. The van der Waals surface area contributed by atoms with Crippen LogP contribution in [0.1, 0.15) is 111 Å². The Morgan fingerprint density at radius 2 is 0.512 bits per heavy atom. The molecule has 14 aromatic rings. The SMILES string of the molecule is CC(C)(C)c1ccc2c(c1)c1cc(C(C)(C)C)ccc1n2-c1c(C#N)c(-n2c3ccc(C(C)(C)C)cc3c3cc(C(C)(C)C)ccc32)c(-n2c3ccccc3c3ccccc32)c(-c2ccccc2)c1-n1c2ccccc2c2ccccc21. The highest BCUT2D eigenvalue weighted by Crippen LogP contribution is 2.53. The topological polar surface area (TPSA) is 43.5 Å². The van der Waals surface area contributed by atoms with Gasteiger partial charge in [0.1, 0.15) is 11.6 Å². The molecule has 5 nitrogen and oxygen atoms in total. The van der Waals surface area contributed by atoms with E-state index in [-0.39, 0.29) is 21.7 Å². The lowest BCUT2D eigenvalue weighted by Crippen LogP contribution is -2.16. The second-order valence-corrected chi connectivity index (χ2v) is 27.0. The zero-order chi connectivity index (χ0) is 56.9. The van der Waals surface area contributed by atoms with Gasteiger partial charge in [0, 0.05) is 48.7 Å². The average Bonchev–Trinajstić information content (AvgIpc) is 1.97. The molecule has 5 heteroatoms. The van der Waals surface area contributed by atoms with Crippen LogP contribution in [-0.2, 0) is 21.7 Å². The molecule has 0 radical (unpaired) electrons. The van der Waals surface area contributed by atoms with E-state index in [0.29, 0.717) is 5.56 Å². The summed E-state index contributed by atoms with van der Waals surface area (Å²) in [6.45, 7) is 27.6. The minimum Gasteiger partial charge on any atom is -0.306 e. The third kappa shape index (κ3) is 7.64. The van der Waals surface area contributed by atoms with Crippen LogP contribution < -0.4 is 0 Å². The molecule has 0 atom stereocenters. The smallest absolute Gasteiger partial charge is 0.104 e. The van der Waals surface area contributed by atoms with E-state index < -0.39 is 0 Å². The van der Waals surface area contributed by atoms with Gasteiger partial charge in [0.05, 0.1) is 66.9 Å². The van der Waals surface area contributed by atoms with E-state index in [9.17, 15) is 5.26 Å². The van der Waals surface area contributed by atoms with Crippen molar-refractivity contribution in [3.63, 3.8) is 0 Å². The molecule has 0 fully saturated rings. The van der Waals surface area contributed by atoms with Gasteiger partial charge in [-0.15, -0.1) is 0 Å². The Bertz CT molecular complexity index is 4470. The van der Waals surface area contributed by atoms with E-state index >= 15 is 0 Å². The van der Waals surface area contributed by atoms with Gasteiger partial charge in [-0.05, 0) is 122 Å². The molecular formula is C77H69N5. The molecule has 0 unspecified atom stereocenters. The number of aromatic nitrogens is 4. The molecule has 0 spiro atoms. The molecule has 0 aliphatic heterocycles. The van der Waals surface area contributed by atoms with Crippen LogP contribution in [0.4, 0.5) is 0 Å². The van der Waals surface area contributed by atoms with Crippen molar-refractivity contribution in [1.82, 2.24) is 18.3 Å². The summed E-state index contributed by atoms with van der Waals surface area (Å²) in [5.41, 5.74) is 19.0. The van der Waals surface area contributed by atoms with E-state index in [4.69, 9.17) is 0 Å². The van der Waals surface area contributed by atoms with Gasteiger partial charge in [0.25, 0.3) is 0 Å². The predicted octanol–water partition coefficient (Wildman–Crippen LogP) is 20.8. The molecule has 0 saturated heterocycles. The van der Waals surface area contributed by atoms with Gasteiger partial charge in [-0.1, -0.05) is 210 Å². The molecule has 0 aliphatic carbocycles. The van der Waals surface area contributed by atoms with Crippen LogP contribution in [0.25, 0.3) is 121 Å². The van der Waals surface area contributed by atoms with Crippen LogP contribution in [0.3, 0.4) is 0 Å². The lowest BCUT2D eigenvalue weighted by atomic mass is 9.85. The maximum absolute atomic E-state index is 13.2. The number of benzene rings is 10. The van der Waals surface area contributed by atoms with E-state index in [1.165, 1.54) is 22.3 Å². The predicted molar refractivity (Wildman–Crippen MR) is 349 cm³/mol. The first kappa shape index (κ1) is 51.1. The maximum Gasteiger partial charge on any atom is 0.104 e. The normalized spacial score (nSPS) is 12.9. The summed E-state index contributed by atoms with van der Waals surface area (Å²) in [5.74, 6) is 0. The van der Waals surface area contributed by atoms with Crippen molar-refractivity contribution in [3.05, 3.63) is 228 Å². The lowest BCUT2D eigenvalue weighted by molar-refractivity contribution is 0.590. The summed E-state index contributed by atoms with van der Waals surface area (Å²) in [5, 5.41) is 22.3. The van der Waals surface area contributed by atoms with Crippen LogP contribution in [-0.4, -0.2) is 18.3 Å². The van der Waals surface area contributed by atoms with Crippen molar-refractivity contribution in [2.45, 2.75) is 105 Å². The molecule has 0 saturated carbocycles. The fourth-order valence-electron chi connectivity index (χ4n) is 13.3.